The molecular formula is C22H37NO6S. The molecule has 0 N–H and O–H groups in total. The summed E-state index contributed by atoms with van der Waals surface area (Å²) in [6, 6.07) is 0. The van der Waals surface area contributed by atoms with Gasteiger partial charge in [-0.15, -0.1) is 11.8 Å². The Kier molecular flexibility index (Phi) is 8.84. The molecular weight excluding hydrogens is 406 g/mol. The lowest BCUT2D eigenvalue weighted by atomic mass is 9.98. The molecule has 0 radical (unpaired) electrons. The van der Waals surface area contributed by atoms with Crippen molar-refractivity contribution >= 4 is 29.8 Å². The first-order valence-corrected chi connectivity index (χ1v) is 11.2. The lowest BCUT2D eigenvalue weighted by Crippen LogP contribution is -2.44. The Labute approximate surface area is 184 Å². The van der Waals surface area contributed by atoms with Crippen LogP contribution in [0.15, 0.2) is 11.6 Å². The van der Waals surface area contributed by atoms with Crippen LogP contribution in [-0.4, -0.2) is 58.4 Å². The molecule has 0 aromatic heterocycles. The third kappa shape index (κ3) is 9.87. The van der Waals surface area contributed by atoms with Crippen LogP contribution in [0.4, 0.5) is 4.79 Å². The van der Waals surface area contributed by atoms with Crippen molar-refractivity contribution in [1.29, 1.82) is 0 Å². The molecule has 0 aromatic carbocycles. The van der Waals surface area contributed by atoms with Gasteiger partial charge in [0.25, 0.3) is 0 Å². The number of likely N-dealkylation sites (tertiary alicyclic amines) is 1. The van der Waals surface area contributed by atoms with E-state index in [0.717, 1.165) is 5.57 Å². The molecule has 1 amide bonds. The Bertz CT molecular complexity index is 667. The number of carbonyl (C=O) groups is 3. The highest BCUT2D eigenvalue weighted by Crippen LogP contribution is 2.30. The van der Waals surface area contributed by atoms with E-state index in [4.69, 9.17) is 14.2 Å². The van der Waals surface area contributed by atoms with E-state index in [1.54, 1.807) is 46.4 Å². The minimum atomic E-state index is -0.613. The summed E-state index contributed by atoms with van der Waals surface area (Å²) < 4.78 is 16.2. The van der Waals surface area contributed by atoms with Gasteiger partial charge >= 0.3 is 18.0 Å². The minimum Gasteiger partial charge on any atom is -0.457 e. The molecule has 0 spiro atoms. The van der Waals surface area contributed by atoms with Gasteiger partial charge in [-0.05, 0) is 74.3 Å². The number of hydrogen-bond donors (Lipinski definition) is 0. The smallest absolute Gasteiger partial charge is 0.410 e. The number of ether oxygens (including phenoxy) is 3. The summed E-state index contributed by atoms with van der Waals surface area (Å²) in [6.45, 7) is 17.0. The van der Waals surface area contributed by atoms with E-state index in [1.165, 1.54) is 17.8 Å². The van der Waals surface area contributed by atoms with Crippen LogP contribution in [0.2, 0.25) is 0 Å². The largest absolute Gasteiger partial charge is 0.457 e. The van der Waals surface area contributed by atoms with E-state index >= 15 is 0 Å². The fraction of sp³-hybridized carbons (Fsp3) is 0.773. The quantitative estimate of drug-likeness (QED) is 0.273. The summed E-state index contributed by atoms with van der Waals surface area (Å²) in [5.74, 6) is -0.557. The van der Waals surface area contributed by atoms with E-state index in [0.29, 0.717) is 13.0 Å². The Balaban J connectivity index is 2.89. The zero-order valence-corrected chi connectivity index (χ0v) is 20.6. The molecule has 0 aromatic rings. The van der Waals surface area contributed by atoms with Gasteiger partial charge < -0.3 is 19.1 Å². The van der Waals surface area contributed by atoms with Gasteiger partial charge in [-0.25, -0.2) is 9.59 Å². The van der Waals surface area contributed by atoms with Gasteiger partial charge in [0.1, 0.15) is 17.1 Å². The first kappa shape index (κ1) is 26.3. The van der Waals surface area contributed by atoms with E-state index in [2.05, 4.69) is 0 Å². The van der Waals surface area contributed by atoms with Crippen LogP contribution in [-0.2, 0) is 23.8 Å². The second kappa shape index (κ2) is 10.1. The van der Waals surface area contributed by atoms with E-state index in [9.17, 15) is 14.4 Å². The third-order valence-corrected chi connectivity index (χ3v) is 5.08. The molecule has 1 heterocycles. The maximum Gasteiger partial charge on any atom is 0.410 e. The maximum absolute atomic E-state index is 12.5. The number of thioether (sulfide) groups is 1. The summed E-state index contributed by atoms with van der Waals surface area (Å²) in [6.07, 6.45) is 1.65. The van der Waals surface area contributed by atoms with Crippen LogP contribution in [0, 0.1) is 5.41 Å². The monoisotopic (exact) mass is 443 g/mol. The van der Waals surface area contributed by atoms with Crippen LogP contribution < -0.4 is 0 Å². The van der Waals surface area contributed by atoms with Crippen molar-refractivity contribution in [2.45, 2.75) is 85.2 Å². The van der Waals surface area contributed by atoms with Gasteiger partial charge in [0.15, 0.2) is 0 Å². The van der Waals surface area contributed by atoms with Gasteiger partial charge in [-0.1, -0.05) is 0 Å². The Morgan fingerprint density at radius 1 is 1.00 bits per heavy atom. The highest BCUT2D eigenvalue weighted by Gasteiger charge is 2.32. The van der Waals surface area contributed by atoms with Gasteiger partial charge in [0, 0.05) is 24.4 Å². The second-order valence-electron chi connectivity index (χ2n) is 10.4. The van der Waals surface area contributed by atoms with Gasteiger partial charge in [-0.3, -0.25) is 4.79 Å². The molecule has 0 bridgehead atoms. The standard InChI is InChI=1S/C22H37NO6S/c1-20(2,3)18(25)27-14-30-16-10-11-23(19(26)29-22(7,8)9)13-15(16)12-17(24)28-21(4,5)6/h12,16H,10-11,13-14H2,1-9H3/b15-12-. The molecule has 0 saturated carbocycles. The molecule has 1 fully saturated rings. The molecule has 1 aliphatic rings. The first-order valence-electron chi connectivity index (χ1n) is 10.2. The number of hydrogen-bond acceptors (Lipinski definition) is 7. The van der Waals surface area contributed by atoms with Gasteiger partial charge in [-0.2, -0.15) is 0 Å². The number of piperidine rings is 1. The van der Waals surface area contributed by atoms with E-state index in [-0.39, 0.29) is 23.7 Å². The summed E-state index contributed by atoms with van der Waals surface area (Å²) in [5, 5.41) is -0.0658. The second-order valence-corrected chi connectivity index (χ2v) is 11.5. The lowest BCUT2D eigenvalue weighted by Gasteiger charge is -2.35. The fourth-order valence-corrected chi connectivity index (χ4v) is 3.51. The average molecular weight is 444 g/mol. The van der Waals surface area contributed by atoms with Crippen LogP contribution >= 0.6 is 11.8 Å². The summed E-state index contributed by atoms with van der Waals surface area (Å²) >= 11 is 1.44. The Morgan fingerprint density at radius 2 is 1.57 bits per heavy atom. The number of amides is 1. The molecule has 8 heteroatoms. The van der Waals surface area contributed by atoms with Crippen LogP contribution in [0.1, 0.15) is 68.7 Å². The van der Waals surface area contributed by atoms with Crippen LogP contribution in [0.5, 0.6) is 0 Å². The number of rotatable bonds is 4. The molecule has 1 unspecified atom stereocenters. The van der Waals surface area contributed by atoms with E-state index in [1.807, 2.05) is 20.8 Å². The summed E-state index contributed by atoms with van der Waals surface area (Å²) in [5.41, 5.74) is -1.04. The highest BCUT2D eigenvalue weighted by molar-refractivity contribution is 7.99. The summed E-state index contributed by atoms with van der Waals surface area (Å²) in [7, 11) is 0. The molecule has 1 saturated heterocycles. The predicted octanol–water partition coefficient (Wildman–Crippen LogP) is 4.54. The number of carbonyl (C=O) groups excluding carboxylic acids is 3. The molecule has 1 rings (SSSR count). The van der Waals surface area contributed by atoms with Crippen molar-refractivity contribution in [3.05, 3.63) is 11.6 Å². The Morgan fingerprint density at radius 3 is 2.07 bits per heavy atom. The molecule has 172 valence electrons. The highest BCUT2D eigenvalue weighted by atomic mass is 32.2. The zero-order chi connectivity index (χ0) is 23.3. The molecule has 30 heavy (non-hydrogen) atoms. The third-order valence-electron chi connectivity index (χ3n) is 3.88. The van der Waals surface area contributed by atoms with Crippen LogP contribution in [0.25, 0.3) is 0 Å². The van der Waals surface area contributed by atoms with Crippen molar-refractivity contribution < 1.29 is 28.6 Å². The Hall–Kier alpha value is -1.70. The number of nitrogens with zero attached hydrogens (tertiary/aromatic N) is 1. The fourth-order valence-electron chi connectivity index (χ4n) is 2.54. The van der Waals surface area contributed by atoms with Crippen molar-refractivity contribution in [3.8, 4) is 0 Å². The number of esters is 2. The van der Waals surface area contributed by atoms with Crippen molar-refractivity contribution in [1.82, 2.24) is 4.90 Å². The van der Waals surface area contributed by atoms with Crippen molar-refractivity contribution in [3.63, 3.8) is 0 Å². The van der Waals surface area contributed by atoms with Crippen LogP contribution in [0.3, 0.4) is 0 Å². The van der Waals surface area contributed by atoms with Gasteiger partial charge in [0.2, 0.25) is 0 Å². The summed E-state index contributed by atoms with van der Waals surface area (Å²) in [4.78, 5) is 38.4. The minimum absolute atomic E-state index is 0.0658. The normalized spacial score (nSPS) is 19.4. The predicted molar refractivity (Wildman–Crippen MR) is 118 cm³/mol. The first-order chi connectivity index (χ1) is 13.5. The van der Waals surface area contributed by atoms with Gasteiger partial charge in [0.05, 0.1) is 5.41 Å². The zero-order valence-electron chi connectivity index (χ0n) is 19.8. The molecule has 0 aliphatic carbocycles. The molecule has 7 nitrogen and oxygen atoms in total. The topological polar surface area (TPSA) is 82.1 Å². The maximum atomic E-state index is 12.5. The molecule has 1 atom stereocenters. The van der Waals surface area contributed by atoms with E-state index < -0.39 is 28.7 Å². The average Bonchev–Trinajstić information content (AvgIpc) is 2.51. The lowest BCUT2D eigenvalue weighted by molar-refractivity contribution is -0.150. The van der Waals surface area contributed by atoms with Crippen molar-refractivity contribution in [2.75, 3.05) is 19.0 Å². The van der Waals surface area contributed by atoms with Crippen molar-refractivity contribution in [2.24, 2.45) is 5.41 Å². The SMILES string of the molecule is CC(C)(C)OC(=O)/C=C1/CN(C(=O)OC(C)(C)C)CCC1SCOC(=O)C(C)(C)C. The molecule has 1 aliphatic heterocycles.